The second-order valence-corrected chi connectivity index (χ2v) is 10.3. The minimum atomic E-state index is -0.325. The second kappa shape index (κ2) is 12.5. The first kappa shape index (κ1) is 27.0. The largest absolute Gasteiger partial charge is 0.355 e. The lowest BCUT2D eigenvalue weighted by Gasteiger charge is -2.24. The third kappa shape index (κ3) is 6.36. The van der Waals surface area contributed by atoms with Crippen LogP contribution in [-0.4, -0.2) is 69.7 Å². The van der Waals surface area contributed by atoms with Crippen molar-refractivity contribution in [1.29, 1.82) is 0 Å². The van der Waals surface area contributed by atoms with Gasteiger partial charge in [-0.3, -0.25) is 9.78 Å². The molecular formula is C30H30N8OS. The Balaban J connectivity index is 1.47. The first-order valence-corrected chi connectivity index (χ1v) is 13.8. The van der Waals surface area contributed by atoms with E-state index in [4.69, 9.17) is 4.98 Å². The number of likely N-dealkylation sites (N-methyl/N-ethyl adjacent to an activating group) is 2. The van der Waals surface area contributed by atoms with Gasteiger partial charge < -0.3 is 15.1 Å². The van der Waals surface area contributed by atoms with Gasteiger partial charge in [0.15, 0.2) is 5.82 Å². The minimum Gasteiger partial charge on any atom is -0.355 e. The van der Waals surface area contributed by atoms with Crippen LogP contribution in [0.4, 0.5) is 11.5 Å². The summed E-state index contributed by atoms with van der Waals surface area (Å²) in [5.74, 6) is 0.890. The van der Waals surface area contributed by atoms with Crippen molar-refractivity contribution in [3.63, 3.8) is 0 Å². The molecule has 2 aromatic carbocycles. The number of benzene rings is 2. The maximum absolute atomic E-state index is 13.7. The second-order valence-electron chi connectivity index (χ2n) is 9.34. The van der Waals surface area contributed by atoms with Crippen LogP contribution in [-0.2, 0) is 0 Å². The highest BCUT2D eigenvalue weighted by Crippen LogP contribution is 2.34. The fourth-order valence-corrected chi connectivity index (χ4v) is 4.96. The number of aromatic nitrogens is 5. The van der Waals surface area contributed by atoms with E-state index in [9.17, 15) is 4.79 Å². The number of rotatable bonds is 10. The molecule has 0 spiro atoms. The molecule has 0 aliphatic rings. The van der Waals surface area contributed by atoms with Gasteiger partial charge in [-0.2, -0.15) is 0 Å². The molecule has 0 aliphatic carbocycles. The van der Waals surface area contributed by atoms with E-state index in [1.165, 1.54) is 11.3 Å². The first-order chi connectivity index (χ1) is 19.5. The fraction of sp³-hybridized carbons (Fsp3) is 0.200. The Hall–Kier alpha value is -4.54. The van der Waals surface area contributed by atoms with Crippen molar-refractivity contribution in [2.45, 2.75) is 6.92 Å². The summed E-state index contributed by atoms with van der Waals surface area (Å²) < 4.78 is 0. The predicted molar refractivity (Wildman–Crippen MR) is 160 cm³/mol. The number of carbonyl (C=O) groups excluding carboxylic acids is 1. The van der Waals surface area contributed by atoms with Crippen LogP contribution in [0.1, 0.15) is 17.4 Å². The van der Waals surface area contributed by atoms with Gasteiger partial charge in [-0.15, -0.1) is 10.2 Å². The Morgan fingerprint density at radius 3 is 2.38 bits per heavy atom. The van der Waals surface area contributed by atoms with Gasteiger partial charge >= 0.3 is 0 Å². The molecule has 0 saturated heterocycles. The normalized spacial score (nSPS) is 11.0. The highest BCUT2D eigenvalue weighted by molar-refractivity contribution is 7.18. The van der Waals surface area contributed by atoms with E-state index in [2.05, 4.69) is 42.2 Å². The number of hydrogen-bond donors (Lipinski definition) is 1. The summed E-state index contributed by atoms with van der Waals surface area (Å²) >= 11 is 1.44. The summed E-state index contributed by atoms with van der Waals surface area (Å²) in [6.45, 7) is 4.46. The number of hydrogen-bond acceptors (Lipinski definition) is 9. The quantitative estimate of drug-likeness (QED) is 0.248. The maximum Gasteiger partial charge on any atom is 0.274 e. The molecule has 0 unspecified atom stereocenters. The number of amides is 1. The molecule has 5 rings (SSSR count). The molecular weight excluding hydrogens is 520 g/mol. The zero-order valence-corrected chi connectivity index (χ0v) is 23.5. The van der Waals surface area contributed by atoms with Crippen LogP contribution in [0.5, 0.6) is 0 Å². The molecule has 5 aromatic rings. The van der Waals surface area contributed by atoms with E-state index >= 15 is 0 Å². The molecule has 40 heavy (non-hydrogen) atoms. The highest BCUT2D eigenvalue weighted by Gasteiger charge is 2.19. The molecule has 1 N–H and O–H groups in total. The smallest absolute Gasteiger partial charge is 0.274 e. The van der Waals surface area contributed by atoms with Crippen molar-refractivity contribution in [2.75, 3.05) is 43.9 Å². The van der Waals surface area contributed by atoms with Crippen molar-refractivity contribution >= 4 is 28.7 Å². The number of carbonyl (C=O) groups is 1. The fourth-order valence-electron chi connectivity index (χ4n) is 4.09. The van der Waals surface area contributed by atoms with Gasteiger partial charge in [-0.25, -0.2) is 9.97 Å². The molecule has 3 heterocycles. The predicted octanol–water partition coefficient (Wildman–Crippen LogP) is 5.36. The molecule has 9 nitrogen and oxygen atoms in total. The Morgan fingerprint density at radius 2 is 1.62 bits per heavy atom. The lowest BCUT2D eigenvalue weighted by Crippen LogP contribution is -2.32. The van der Waals surface area contributed by atoms with E-state index in [1.807, 2.05) is 80.8 Å². The molecule has 0 fully saturated rings. The molecule has 10 heteroatoms. The number of para-hydroxylation sites is 1. The van der Waals surface area contributed by atoms with E-state index in [-0.39, 0.29) is 11.6 Å². The highest BCUT2D eigenvalue weighted by atomic mass is 32.1. The zero-order valence-electron chi connectivity index (χ0n) is 22.7. The molecule has 202 valence electrons. The zero-order chi connectivity index (χ0) is 27.9. The average Bonchev–Trinajstić information content (AvgIpc) is 3.49. The maximum atomic E-state index is 13.7. The van der Waals surface area contributed by atoms with E-state index < -0.39 is 0 Å². The average molecular weight is 551 g/mol. The van der Waals surface area contributed by atoms with Crippen LogP contribution in [0.2, 0.25) is 0 Å². The molecule has 0 saturated carbocycles. The molecule has 3 aromatic heterocycles. The summed E-state index contributed by atoms with van der Waals surface area (Å²) in [5.41, 5.74) is 3.43. The van der Waals surface area contributed by atoms with Gasteiger partial charge in [-0.05, 0) is 45.3 Å². The first-order valence-electron chi connectivity index (χ1n) is 13.0. The summed E-state index contributed by atoms with van der Waals surface area (Å²) in [6.07, 6.45) is 3.48. The van der Waals surface area contributed by atoms with Crippen LogP contribution >= 0.6 is 11.3 Å². The van der Waals surface area contributed by atoms with E-state index in [0.717, 1.165) is 41.3 Å². The number of anilines is 2. The molecule has 1 amide bonds. The van der Waals surface area contributed by atoms with Crippen molar-refractivity contribution in [3.8, 4) is 32.5 Å². The van der Waals surface area contributed by atoms with Gasteiger partial charge in [0.2, 0.25) is 0 Å². The van der Waals surface area contributed by atoms with E-state index in [1.54, 1.807) is 18.5 Å². The van der Waals surface area contributed by atoms with Crippen molar-refractivity contribution in [1.82, 2.24) is 30.0 Å². The summed E-state index contributed by atoms with van der Waals surface area (Å²) in [5, 5.41) is 13.3. The Morgan fingerprint density at radius 1 is 0.875 bits per heavy atom. The lowest BCUT2D eigenvalue weighted by molar-refractivity contribution is 0.102. The number of nitrogens with one attached hydrogen (secondary N) is 1. The Bertz CT molecular complexity index is 1570. The topological polar surface area (TPSA) is 100 Å². The SMILES string of the molecule is CCN(CCN(C)C)c1cc(C(=O)Nc2ccccc2-c2nnc(-c3cccnc3)s2)nc(-c2ccccc2)n1. The standard InChI is InChI=1S/C30H30N8OS/c1-4-38(18-17-37(2)3)26-19-25(32-27(34-26)21-11-6-5-7-12-21)28(39)33-24-15-9-8-14-23(24)30-36-35-29(40-30)22-13-10-16-31-20-22/h5-16,19-20H,4,17-18H2,1-3H3,(H,33,39). The van der Waals surface area contributed by atoms with Gasteiger partial charge in [0.05, 0.1) is 5.69 Å². The van der Waals surface area contributed by atoms with Crippen LogP contribution in [0, 0.1) is 0 Å². The van der Waals surface area contributed by atoms with Gasteiger partial charge in [0.25, 0.3) is 5.91 Å². The summed E-state index contributed by atoms with van der Waals surface area (Å²) in [7, 11) is 4.08. The van der Waals surface area contributed by atoms with Gasteiger partial charge in [-0.1, -0.05) is 53.8 Å². The summed E-state index contributed by atoms with van der Waals surface area (Å²) in [4.78, 5) is 31.6. The van der Waals surface area contributed by atoms with Crippen LogP contribution in [0.15, 0.2) is 85.2 Å². The van der Waals surface area contributed by atoms with Crippen LogP contribution in [0.3, 0.4) is 0 Å². The minimum absolute atomic E-state index is 0.287. The monoisotopic (exact) mass is 550 g/mol. The molecule has 0 atom stereocenters. The van der Waals surface area contributed by atoms with Crippen LogP contribution in [0.25, 0.3) is 32.5 Å². The lowest BCUT2D eigenvalue weighted by atomic mass is 10.1. The molecule has 0 bridgehead atoms. The molecule has 0 radical (unpaired) electrons. The molecule has 0 aliphatic heterocycles. The Kier molecular flexibility index (Phi) is 8.48. The van der Waals surface area contributed by atoms with E-state index in [0.29, 0.717) is 22.3 Å². The number of pyridine rings is 1. The summed E-state index contributed by atoms with van der Waals surface area (Å²) in [6, 6.07) is 22.8. The van der Waals surface area contributed by atoms with Crippen LogP contribution < -0.4 is 10.2 Å². The Labute approximate surface area is 237 Å². The number of nitrogens with zero attached hydrogens (tertiary/aromatic N) is 7. The van der Waals surface area contributed by atoms with Crippen molar-refractivity contribution in [3.05, 3.63) is 90.9 Å². The van der Waals surface area contributed by atoms with Gasteiger partial charge in [0.1, 0.15) is 21.5 Å². The third-order valence-electron chi connectivity index (χ3n) is 6.24. The third-order valence-corrected chi connectivity index (χ3v) is 7.24. The van der Waals surface area contributed by atoms with Gasteiger partial charge in [0, 0.05) is 54.8 Å². The van der Waals surface area contributed by atoms with Crippen molar-refractivity contribution < 1.29 is 4.79 Å². The van der Waals surface area contributed by atoms with Crippen molar-refractivity contribution in [2.24, 2.45) is 0 Å².